The van der Waals surface area contributed by atoms with Crippen molar-refractivity contribution in [1.29, 1.82) is 0 Å². The molecule has 1 fully saturated rings. The Morgan fingerprint density at radius 3 is 2.09 bits per heavy atom. The van der Waals surface area contributed by atoms with E-state index in [1.54, 1.807) is 23.8 Å². The normalized spacial score (nSPS) is 19.0. The first-order valence-electron chi connectivity index (χ1n) is 19.8. The molecule has 14 heteroatoms. The highest BCUT2D eigenvalue weighted by molar-refractivity contribution is 7.80. The monoisotopic (exact) mass is 791 g/mol. The SMILES string of the molecule is CCC(C)C(C(CC(=O)N1CCC[C@H]1C(OC)C(C)C(=O)NC(Cc1ccccc1)C(=O)O)OC)N(C)C(=O)C(NC(=O)C(C(C)C)N(C)CCS)C(C)C. The fourth-order valence-electron chi connectivity index (χ4n) is 7.94. The molecular weight excluding hydrogens is 723 g/mol. The van der Waals surface area contributed by atoms with Gasteiger partial charge in [0.2, 0.25) is 23.6 Å². The summed E-state index contributed by atoms with van der Waals surface area (Å²) in [6, 6.07) is 5.82. The fourth-order valence-corrected chi connectivity index (χ4v) is 8.25. The number of carboxylic acid groups (broad SMARTS) is 1. The molecule has 1 aromatic carbocycles. The molecule has 1 saturated heterocycles. The van der Waals surface area contributed by atoms with Crippen LogP contribution in [-0.2, 0) is 39.9 Å². The molecule has 55 heavy (non-hydrogen) atoms. The van der Waals surface area contributed by atoms with Crippen LogP contribution in [0.2, 0.25) is 0 Å². The molecule has 13 nitrogen and oxygen atoms in total. The van der Waals surface area contributed by atoms with E-state index in [0.29, 0.717) is 38.1 Å². The molecule has 1 aromatic rings. The number of nitrogens with zero attached hydrogens (tertiary/aromatic N) is 3. The van der Waals surface area contributed by atoms with Crippen LogP contribution in [0.15, 0.2) is 30.3 Å². The zero-order chi connectivity index (χ0) is 41.6. The average Bonchev–Trinajstić information content (AvgIpc) is 3.63. The molecule has 312 valence electrons. The van der Waals surface area contributed by atoms with Crippen molar-refractivity contribution in [1.82, 2.24) is 25.3 Å². The number of methoxy groups -OCH3 is 2. The Kier molecular flexibility index (Phi) is 20.2. The standard InChI is InChI=1S/C41H69N5O8S/c1-12-27(6)36(45(9)40(50)34(25(2)3)43-39(49)35(26(4)5)44(8)21-22-55)32(53-10)24-33(47)46-20-16-19-31(46)37(54-11)28(7)38(48)42-30(41(51)52)23-29-17-14-13-15-18-29/h13-15,17-18,25-28,30-32,34-37,55H,12,16,19-24H2,1-11H3,(H,42,48)(H,43,49)(H,51,52)/t27?,28?,30?,31-,32?,34?,35?,36?,37?/m0/s1. The van der Waals surface area contributed by atoms with E-state index < -0.39 is 60.2 Å². The summed E-state index contributed by atoms with van der Waals surface area (Å²) in [5.74, 6) is -2.69. The zero-order valence-corrected chi connectivity index (χ0v) is 35.9. The summed E-state index contributed by atoms with van der Waals surface area (Å²) in [6.45, 7) is 14.6. The largest absolute Gasteiger partial charge is 0.480 e. The first kappa shape index (κ1) is 48.0. The number of hydrogen-bond acceptors (Lipinski definition) is 9. The second-order valence-electron chi connectivity index (χ2n) is 15.8. The van der Waals surface area contributed by atoms with Crippen molar-refractivity contribution in [2.75, 3.05) is 47.2 Å². The van der Waals surface area contributed by atoms with Gasteiger partial charge in [-0.2, -0.15) is 12.6 Å². The second-order valence-corrected chi connectivity index (χ2v) is 16.2. The van der Waals surface area contributed by atoms with Crippen LogP contribution in [0.1, 0.15) is 79.7 Å². The van der Waals surface area contributed by atoms with Gasteiger partial charge in [0, 0.05) is 46.5 Å². The average molecular weight is 792 g/mol. The van der Waals surface area contributed by atoms with E-state index in [9.17, 15) is 29.1 Å². The fraction of sp³-hybridized carbons (Fsp3) is 0.732. The summed E-state index contributed by atoms with van der Waals surface area (Å²) in [5.41, 5.74) is 0.784. The maximum absolute atomic E-state index is 14.3. The summed E-state index contributed by atoms with van der Waals surface area (Å²) >= 11 is 4.34. The maximum Gasteiger partial charge on any atom is 0.326 e. The third-order valence-corrected chi connectivity index (χ3v) is 11.4. The molecule has 0 bridgehead atoms. The lowest BCUT2D eigenvalue weighted by atomic mass is 9.89. The molecule has 4 amide bonds. The topological polar surface area (TPSA) is 158 Å². The number of carboxylic acids is 1. The van der Waals surface area contributed by atoms with E-state index in [-0.39, 0.29) is 48.3 Å². The van der Waals surface area contributed by atoms with Gasteiger partial charge in [-0.1, -0.05) is 85.2 Å². The van der Waals surface area contributed by atoms with Gasteiger partial charge in [0.15, 0.2) is 0 Å². The van der Waals surface area contributed by atoms with Gasteiger partial charge < -0.3 is 35.0 Å². The minimum atomic E-state index is -1.14. The highest BCUT2D eigenvalue weighted by Crippen LogP contribution is 2.30. The number of benzene rings is 1. The van der Waals surface area contributed by atoms with Crippen LogP contribution in [0.3, 0.4) is 0 Å². The Labute approximate surface area is 335 Å². The highest BCUT2D eigenvalue weighted by Gasteiger charge is 2.43. The molecule has 0 aromatic heterocycles. The Bertz CT molecular complexity index is 1380. The molecule has 9 atom stereocenters. The summed E-state index contributed by atoms with van der Waals surface area (Å²) in [5, 5.41) is 15.6. The van der Waals surface area contributed by atoms with Crippen LogP contribution in [0, 0.1) is 23.7 Å². The van der Waals surface area contributed by atoms with E-state index in [1.165, 1.54) is 14.2 Å². The third kappa shape index (κ3) is 13.2. The van der Waals surface area contributed by atoms with Crippen LogP contribution in [0.4, 0.5) is 0 Å². The zero-order valence-electron chi connectivity index (χ0n) is 35.0. The van der Waals surface area contributed by atoms with Crippen LogP contribution in [-0.4, -0.2) is 139 Å². The van der Waals surface area contributed by atoms with Crippen molar-refractivity contribution in [2.45, 2.75) is 123 Å². The van der Waals surface area contributed by atoms with Crippen molar-refractivity contribution >= 4 is 42.2 Å². The molecular formula is C41H69N5O8S. The number of carbonyl (C=O) groups excluding carboxylic acids is 4. The van der Waals surface area contributed by atoms with E-state index in [1.807, 2.05) is 83.8 Å². The lowest BCUT2D eigenvalue weighted by Crippen LogP contribution is -2.60. The van der Waals surface area contributed by atoms with Gasteiger partial charge in [-0.3, -0.25) is 24.1 Å². The van der Waals surface area contributed by atoms with E-state index in [4.69, 9.17) is 9.47 Å². The quantitative estimate of drug-likeness (QED) is 0.121. The first-order valence-corrected chi connectivity index (χ1v) is 20.4. The van der Waals surface area contributed by atoms with Crippen molar-refractivity contribution in [3.8, 4) is 0 Å². The Hall–Kier alpha value is -3.20. The number of rotatable bonds is 23. The van der Waals surface area contributed by atoms with Gasteiger partial charge in [-0.05, 0) is 43.2 Å². The molecule has 0 aliphatic carbocycles. The van der Waals surface area contributed by atoms with Gasteiger partial charge in [-0.25, -0.2) is 4.79 Å². The van der Waals surface area contributed by atoms with Gasteiger partial charge in [0.05, 0.1) is 42.7 Å². The van der Waals surface area contributed by atoms with Gasteiger partial charge in [0.1, 0.15) is 12.1 Å². The smallest absolute Gasteiger partial charge is 0.326 e. The number of nitrogens with one attached hydrogen (secondary N) is 2. The molecule has 8 unspecified atom stereocenters. The van der Waals surface area contributed by atoms with E-state index >= 15 is 0 Å². The van der Waals surface area contributed by atoms with Crippen molar-refractivity contribution < 1.29 is 38.6 Å². The second kappa shape index (κ2) is 23.1. The molecule has 0 spiro atoms. The van der Waals surface area contributed by atoms with Crippen molar-refractivity contribution in [3.05, 3.63) is 35.9 Å². The number of amides is 4. The van der Waals surface area contributed by atoms with Crippen molar-refractivity contribution in [3.63, 3.8) is 0 Å². The third-order valence-electron chi connectivity index (χ3n) is 11.2. The summed E-state index contributed by atoms with van der Waals surface area (Å²) in [6.07, 6.45) is 0.784. The predicted molar refractivity (Wildman–Crippen MR) is 218 cm³/mol. The minimum Gasteiger partial charge on any atom is -0.480 e. The van der Waals surface area contributed by atoms with Crippen molar-refractivity contribution in [2.24, 2.45) is 23.7 Å². The Morgan fingerprint density at radius 1 is 0.945 bits per heavy atom. The number of carbonyl (C=O) groups is 5. The lowest BCUT2D eigenvalue weighted by Gasteiger charge is -2.41. The van der Waals surface area contributed by atoms with Gasteiger partial charge in [0.25, 0.3) is 0 Å². The summed E-state index contributed by atoms with van der Waals surface area (Å²) in [4.78, 5) is 73.1. The summed E-state index contributed by atoms with van der Waals surface area (Å²) < 4.78 is 11.9. The number of likely N-dealkylation sites (N-methyl/N-ethyl adjacent to an activating group) is 2. The predicted octanol–water partition coefficient (Wildman–Crippen LogP) is 3.75. The molecule has 0 saturated carbocycles. The van der Waals surface area contributed by atoms with Gasteiger partial charge in [-0.15, -0.1) is 0 Å². The maximum atomic E-state index is 14.3. The molecule has 2 rings (SSSR count). The first-order chi connectivity index (χ1) is 25.9. The molecule has 3 N–H and O–H groups in total. The Balaban J connectivity index is 2.28. The number of thiol groups is 1. The Morgan fingerprint density at radius 2 is 1.58 bits per heavy atom. The molecule has 1 aliphatic rings. The van der Waals surface area contributed by atoms with E-state index in [0.717, 1.165) is 5.56 Å². The van der Waals surface area contributed by atoms with E-state index in [2.05, 4.69) is 23.3 Å². The number of likely N-dealkylation sites (tertiary alicyclic amines) is 1. The highest BCUT2D eigenvalue weighted by atomic mass is 32.1. The lowest BCUT2D eigenvalue weighted by molar-refractivity contribution is -0.148. The molecule has 1 heterocycles. The van der Waals surface area contributed by atoms with Crippen LogP contribution in [0.25, 0.3) is 0 Å². The number of ether oxygens (including phenoxy) is 2. The van der Waals surface area contributed by atoms with Crippen LogP contribution >= 0.6 is 12.6 Å². The number of aliphatic carboxylic acids is 1. The van der Waals surface area contributed by atoms with Crippen LogP contribution in [0.5, 0.6) is 0 Å². The number of hydrogen-bond donors (Lipinski definition) is 4. The molecule has 0 radical (unpaired) electrons. The summed E-state index contributed by atoms with van der Waals surface area (Å²) in [7, 11) is 6.64. The van der Waals surface area contributed by atoms with Crippen LogP contribution < -0.4 is 10.6 Å². The minimum absolute atomic E-state index is 0.00746. The molecule has 1 aliphatic heterocycles. The van der Waals surface area contributed by atoms with Gasteiger partial charge >= 0.3 is 5.97 Å².